The predicted octanol–water partition coefficient (Wildman–Crippen LogP) is -3.42. The molecule has 1 fully saturated rings. The normalized spacial score (nSPS) is 27.0. The van der Waals surface area contributed by atoms with Gasteiger partial charge in [0.2, 0.25) is 0 Å². The van der Waals surface area contributed by atoms with Gasteiger partial charge in [-0.25, -0.2) is 9.97 Å². The average Bonchev–Trinajstić information content (AvgIpc) is 3.15. The van der Waals surface area contributed by atoms with Crippen LogP contribution >= 0.6 is 11.8 Å². The van der Waals surface area contributed by atoms with Crippen molar-refractivity contribution in [1.29, 1.82) is 0 Å². The molecule has 0 aliphatic carbocycles. The number of hydrogen-bond donors (Lipinski definition) is 5. The maximum atomic E-state index is 10.6. The van der Waals surface area contributed by atoms with Crippen LogP contribution in [0.5, 0.6) is 0 Å². The molecule has 2 aromatic rings. The first-order valence-electron chi connectivity index (χ1n) is 7.97. The minimum atomic E-state index is -1.19. The van der Waals surface area contributed by atoms with Gasteiger partial charge in [-0.1, -0.05) is 0 Å². The van der Waals surface area contributed by atoms with Gasteiger partial charge >= 0.3 is 0 Å². The molecule has 0 saturated carbocycles. The SMILES string of the molecule is Nc1ncnc2c([C@@H]3O[C@H](CSCC[C@H]([NH3+])C(=O)[O-])[C@@H](O)[C@H]3O)[nH]nc12. The van der Waals surface area contributed by atoms with E-state index < -0.39 is 36.4 Å². The third kappa shape index (κ3) is 3.59. The van der Waals surface area contributed by atoms with Crippen LogP contribution in [0.25, 0.3) is 11.0 Å². The number of carboxylic acid groups (broad SMARTS) is 1. The number of ether oxygens (including phenoxy) is 1. The maximum Gasteiger partial charge on any atom is 0.155 e. The first kappa shape index (κ1) is 18.8. The monoisotopic (exact) mass is 384 g/mol. The summed E-state index contributed by atoms with van der Waals surface area (Å²) in [6, 6.07) is -0.781. The Kier molecular flexibility index (Phi) is 5.58. The van der Waals surface area contributed by atoms with Crippen molar-refractivity contribution in [2.75, 3.05) is 17.2 Å². The summed E-state index contributed by atoms with van der Waals surface area (Å²) < 4.78 is 5.80. The molecule has 5 atom stereocenters. The predicted molar refractivity (Wildman–Crippen MR) is 89.3 cm³/mol. The van der Waals surface area contributed by atoms with Crippen LogP contribution in [0, 0.1) is 0 Å². The maximum absolute atomic E-state index is 10.6. The van der Waals surface area contributed by atoms with Gasteiger partial charge in [-0.3, -0.25) is 5.10 Å². The summed E-state index contributed by atoms with van der Waals surface area (Å²) >= 11 is 1.41. The van der Waals surface area contributed by atoms with Crippen molar-refractivity contribution >= 4 is 34.6 Å². The lowest BCUT2D eigenvalue weighted by atomic mass is 10.1. The van der Waals surface area contributed by atoms with Crippen molar-refractivity contribution in [3.05, 3.63) is 12.0 Å². The van der Waals surface area contributed by atoms with Crippen molar-refractivity contribution < 1.29 is 30.6 Å². The highest BCUT2D eigenvalue weighted by Crippen LogP contribution is 2.36. The second-order valence-corrected chi connectivity index (χ2v) is 7.20. The van der Waals surface area contributed by atoms with Crippen LogP contribution in [-0.2, 0) is 9.53 Å². The van der Waals surface area contributed by atoms with E-state index >= 15 is 0 Å². The van der Waals surface area contributed by atoms with Gasteiger partial charge < -0.3 is 36.3 Å². The smallest absolute Gasteiger partial charge is 0.155 e. The number of H-pyrrole nitrogens is 1. The number of rotatable bonds is 7. The number of carboxylic acids is 1. The number of nitrogens with one attached hydrogen (secondary N) is 1. The minimum absolute atomic E-state index is 0.202. The highest BCUT2D eigenvalue weighted by molar-refractivity contribution is 7.99. The summed E-state index contributed by atoms with van der Waals surface area (Å²) in [4.78, 5) is 18.6. The Morgan fingerprint density at radius 3 is 2.92 bits per heavy atom. The van der Waals surface area contributed by atoms with Crippen LogP contribution in [-0.4, -0.2) is 72.2 Å². The number of fused-ring (bicyclic) bond motifs is 1. The van der Waals surface area contributed by atoms with Gasteiger partial charge in [0.05, 0.1) is 17.8 Å². The van der Waals surface area contributed by atoms with Crippen molar-refractivity contribution in [3.8, 4) is 0 Å². The number of nitrogens with two attached hydrogens (primary N) is 1. The number of aliphatic hydroxyl groups is 2. The lowest BCUT2D eigenvalue weighted by Gasteiger charge is -2.14. The van der Waals surface area contributed by atoms with E-state index in [4.69, 9.17) is 10.5 Å². The zero-order valence-electron chi connectivity index (χ0n) is 13.7. The molecule has 1 aliphatic rings. The Morgan fingerprint density at radius 2 is 2.19 bits per heavy atom. The highest BCUT2D eigenvalue weighted by atomic mass is 32.2. The molecule has 1 saturated heterocycles. The molecule has 0 bridgehead atoms. The number of aliphatic hydroxyl groups excluding tert-OH is 2. The molecule has 12 heteroatoms. The summed E-state index contributed by atoms with van der Waals surface area (Å²) in [5.74, 6) is -0.0804. The molecule has 11 nitrogen and oxygen atoms in total. The molecule has 0 amide bonds. The van der Waals surface area contributed by atoms with Crippen molar-refractivity contribution in [1.82, 2.24) is 20.2 Å². The van der Waals surface area contributed by atoms with E-state index in [0.717, 1.165) is 0 Å². The fourth-order valence-corrected chi connectivity index (χ4v) is 3.86. The van der Waals surface area contributed by atoms with Crippen molar-refractivity contribution in [2.24, 2.45) is 0 Å². The van der Waals surface area contributed by atoms with E-state index in [1.807, 2.05) is 0 Å². The van der Waals surface area contributed by atoms with E-state index in [-0.39, 0.29) is 5.82 Å². The third-order valence-electron chi connectivity index (χ3n) is 4.27. The van der Waals surface area contributed by atoms with Crippen LogP contribution in [0.1, 0.15) is 18.2 Å². The Labute approximate surface area is 152 Å². The summed E-state index contributed by atoms with van der Waals surface area (Å²) in [5.41, 5.74) is 10.4. The fourth-order valence-electron chi connectivity index (χ4n) is 2.74. The number of thioether (sulfide) groups is 1. The van der Waals surface area contributed by atoms with Gasteiger partial charge in [-0.15, -0.1) is 0 Å². The second-order valence-electron chi connectivity index (χ2n) is 6.05. The largest absolute Gasteiger partial charge is 0.544 e. The number of aromatic amines is 1. The molecule has 3 heterocycles. The Bertz CT molecular complexity index is 788. The molecule has 0 unspecified atom stereocenters. The minimum Gasteiger partial charge on any atom is -0.544 e. The van der Waals surface area contributed by atoms with Gasteiger partial charge in [0, 0.05) is 12.2 Å². The number of nitrogens with zero attached hydrogens (tertiary/aromatic N) is 3. The molecule has 142 valence electrons. The van der Waals surface area contributed by atoms with Crippen LogP contribution in [0.15, 0.2) is 6.33 Å². The molecular weight excluding hydrogens is 364 g/mol. The number of anilines is 1. The Hall–Kier alpha value is -1.99. The molecule has 8 N–H and O–H groups in total. The van der Waals surface area contributed by atoms with Crippen LogP contribution < -0.4 is 16.6 Å². The van der Waals surface area contributed by atoms with Gasteiger partial charge in [0.1, 0.15) is 36.2 Å². The number of carbonyl (C=O) groups excluding carboxylic acids is 1. The number of quaternary nitrogens is 1. The zero-order chi connectivity index (χ0) is 18.8. The number of hydrogen-bond acceptors (Lipinski definition) is 10. The standard InChI is InChI=1S/C14H20N6O5S/c15-5(14(23)24)1-2-26-3-6-10(21)11(22)12(25-6)8-7-9(20-19-8)13(16)18-4-17-7/h4-6,10-12,21-22H,1-3,15H2,(H,19,20)(H,23,24)(H2,16,17,18)/t5-,6+,10+,11+,12-/m0/s1. The Balaban J connectivity index is 1.64. The molecule has 3 rings (SSSR count). The molecule has 26 heavy (non-hydrogen) atoms. The topological polar surface area (TPSA) is 198 Å². The second kappa shape index (κ2) is 7.72. The van der Waals surface area contributed by atoms with E-state index in [0.29, 0.717) is 34.7 Å². The number of nitrogen functional groups attached to an aromatic ring is 1. The van der Waals surface area contributed by atoms with Gasteiger partial charge in [-0.2, -0.15) is 16.9 Å². The summed E-state index contributed by atoms with van der Waals surface area (Å²) in [6.07, 6.45) is -2.08. The Morgan fingerprint density at radius 1 is 1.42 bits per heavy atom. The number of aliphatic carboxylic acids is 1. The van der Waals surface area contributed by atoms with E-state index in [1.165, 1.54) is 18.1 Å². The average molecular weight is 384 g/mol. The molecule has 0 radical (unpaired) electrons. The first-order valence-corrected chi connectivity index (χ1v) is 9.13. The highest BCUT2D eigenvalue weighted by Gasteiger charge is 2.44. The lowest BCUT2D eigenvalue weighted by Crippen LogP contribution is -2.68. The van der Waals surface area contributed by atoms with Crippen molar-refractivity contribution in [2.45, 2.75) is 36.9 Å². The molecule has 1 aliphatic heterocycles. The van der Waals surface area contributed by atoms with E-state index in [1.54, 1.807) is 0 Å². The van der Waals surface area contributed by atoms with Crippen LogP contribution in [0.4, 0.5) is 5.82 Å². The molecule has 0 spiro atoms. The summed E-state index contributed by atoms with van der Waals surface area (Å²) in [5, 5.41) is 38.0. The van der Waals surface area contributed by atoms with Gasteiger partial charge in [-0.05, 0) is 5.75 Å². The van der Waals surface area contributed by atoms with E-state index in [9.17, 15) is 20.1 Å². The van der Waals surface area contributed by atoms with Gasteiger partial charge in [0.15, 0.2) is 11.3 Å². The summed E-state index contributed by atoms with van der Waals surface area (Å²) in [6.45, 7) is 0. The number of carbonyl (C=O) groups is 1. The fraction of sp³-hybridized carbons (Fsp3) is 0.571. The van der Waals surface area contributed by atoms with Crippen LogP contribution in [0.2, 0.25) is 0 Å². The van der Waals surface area contributed by atoms with Crippen LogP contribution in [0.3, 0.4) is 0 Å². The lowest BCUT2D eigenvalue weighted by molar-refractivity contribution is -0.437. The van der Waals surface area contributed by atoms with Crippen molar-refractivity contribution in [3.63, 3.8) is 0 Å². The summed E-state index contributed by atoms with van der Waals surface area (Å²) in [7, 11) is 0. The van der Waals surface area contributed by atoms with Gasteiger partial charge in [0.25, 0.3) is 0 Å². The quantitative estimate of drug-likeness (QED) is 0.299. The zero-order valence-corrected chi connectivity index (χ0v) is 14.6. The number of aromatic nitrogens is 4. The first-order chi connectivity index (χ1) is 12.4. The third-order valence-corrected chi connectivity index (χ3v) is 5.36. The molecule has 0 aromatic carbocycles. The van der Waals surface area contributed by atoms with E-state index in [2.05, 4.69) is 25.9 Å². The molecular formula is C14H20N6O5S. The molecule has 2 aromatic heterocycles.